The van der Waals surface area contributed by atoms with Crippen LogP contribution in [0.5, 0.6) is 5.88 Å². The molecular formula is C9H12N4O. The third kappa shape index (κ3) is 1.66. The Kier molecular flexibility index (Phi) is 2.30. The Labute approximate surface area is 81.6 Å². The van der Waals surface area contributed by atoms with Crippen molar-refractivity contribution in [3.63, 3.8) is 0 Å². The zero-order valence-electron chi connectivity index (χ0n) is 8.19. The van der Waals surface area contributed by atoms with Gasteiger partial charge in [-0.05, 0) is 5.92 Å². The Hall–Kier alpha value is -1.65. The maximum absolute atomic E-state index is 5.52. The minimum absolute atomic E-state index is 0.475. The lowest BCUT2D eigenvalue weighted by Gasteiger charge is -2.07. The molecule has 0 aliphatic rings. The summed E-state index contributed by atoms with van der Waals surface area (Å²) in [5.74, 6) is 1.05. The van der Waals surface area contributed by atoms with E-state index < -0.39 is 0 Å². The maximum atomic E-state index is 5.52. The number of nitrogens with zero attached hydrogens (tertiary/aromatic N) is 3. The number of aromatic nitrogens is 4. The number of ether oxygens (including phenoxy) is 1. The van der Waals surface area contributed by atoms with Crippen molar-refractivity contribution in [1.29, 1.82) is 0 Å². The van der Waals surface area contributed by atoms with Crippen molar-refractivity contribution >= 4 is 11.2 Å². The van der Waals surface area contributed by atoms with E-state index in [0.717, 1.165) is 5.52 Å². The van der Waals surface area contributed by atoms with Gasteiger partial charge in [-0.25, -0.2) is 9.97 Å². The zero-order chi connectivity index (χ0) is 9.97. The molecule has 0 fully saturated rings. The van der Waals surface area contributed by atoms with Crippen molar-refractivity contribution in [2.24, 2.45) is 5.92 Å². The number of hydrogen-bond acceptors (Lipinski definition) is 4. The third-order valence-electron chi connectivity index (χ3n) is 1.74. The lowest BCUT2D eigenvalue weighted by atomic mass is 10.2. The van der Waals surface area contributed by atoms with Gasteiger partial charge in [0.15, 0.2) is 5.65 Å². The minimum atomic E-state index is 0.475. The van der Waals surface area contributed by atoms with E-state index in [1.165, 1.54) is 6.33 Å². The van der Waals surface area contributed by atoms with E-state index in [2.05, 4.69) is 33.8 Å². The van der Waals surface area contributed by atoms with Crippen molar-refractivity contribution in [1.82, 2.24) is 19.9 Å². The molecule has 5 nitrogen and oxygen atoms in total. The summed E-state index contributed by atoms with van der Waals surface area (Å²) < 4.78 is 5.52. The van der Waals surface area contributed by atoms with Crippen LogP contribution in [0.4, 0.5) is 0 Å². The topological polar surface area (TPSA) is 63.7 Å². The van der Waals surface area contributed by atoms with E-state index >= 15 is 0 Å². The van der Waals surface area contributed by atoms with Gasteiger partial charge in [-0.15, -0.1) is 0 Å². The molecule has 0 aliphatic carbocycles. The molecule has 0 saturated heterocycles. The van der Waals surface area contributed by atoms with Crippen LogP contribution >= 0.6 is 0 Å². The molecule has 1 N–H and O–H groups in total. The SMILES string of the molecule is CC(C)COc1ncnc2nc[nH]c12. The monoisotopic (exact) mass is 192 g/mol. The van der Waals surface area contributed by atoms with Gasteiger partial charge >= 0.3 is 0 Å². The van der Waals surface area contributed by atoms with Gasteiger partial charge in [-0.1, -0.05) is 13.8 Å². The third-order valence-corrected chi connectivity index (χ3v) is 1.74. The first-order chi connectivity index (χ1) is 6.77. The van der Waals surface area contributed by atoms with Crippen LogP contribution < -0.4 is 4.74 Å². The summed E-state index contributed by atoms with van der Waals surface area (Å²) in [6, 6.07) is 0. The molecule has 0 aromatic carbocycles. The summed E-state index contributed by atoms with van der Waals surface area (Å²) in [7, 11) is 0. The second kappa shape index (κ2) is 3.61. The molecule has 0 aliphatic heterocycles. The number of hydrogen-bond donors (Lipinski definition) is 1. The predicted octanol–water partition coefficient (Wildman–Crippen LogP) is 1.39. The Morgan fingerprint density at radius 3 is 3.00 bits per heavy atom. The van der Waals surface area contributed by atoms with Gasteiger partial charge in [0, 0.05) is 0 Å². The molecule has 0 atom stereocenters. The number of rotatable bonds is 3. The minimum Gasteiger partial charge on any atom is -0.476 e. The highest BCUT2D eigenvalue weighted by Crippen LogP contribution is 2.17. The van der Waals surface area contributed by atoms with Crippen LogP contribution in [0, 0.1) is 5.92 Å². The van der Waals surface area contributed by atoms with Gasteiger partial charge in [0.2, 0.25) is 5.88 Å². The molecule has 0 bridgehead atoms. The van der Waals surface area contributed by atoms with Crippen LogP contribution in [0.2, 0.25) is 0 Å². The number of imidazole rings is 1. The fourth-order valence-electron chi connectivity index (χ4n) is 1.10. The maximum Gasteiger partial charge on any atom is 0.243 e. The van der Waals surface area contributed by atoms with Crippen LogP contribution in [-0.2, 0) is 0 Å². The van der Waals surface area contributed by atoms with Gasteiger partial charge in [-0.3, -0.25) is 0 Å². The lowest BCUT2D eigenvalue weighted by molar-refractivity contribution is 0.264. The molecule has 0 saturated carbocycles. The number of aromatic amines is 1. The summed E-state index contributed by atoms with van der Waals surface area (Å²) in [5, 5.41) is 0. The van der Waals surface area contributed by atoms with Crippen molar-refractivity contribution in [3.05, 3.63) is 12.7 Å². The molecular weight excluding hydrogens is 180 g/mol. The second-order valence-corrected chi connectivity index (χ2v) is 3.48. The molecule has 0 spiro atoms. The van der Waals surface area contributed by atoms with Crippen LogP contribution in [0.3, 0.4) is 0 Å². The average molecular weight is 192 g/mol. The molecule has 0 radical (unpaired) electrons. The van der Waals surface area contributed by atoms with Gasteiger partial charge in [0.1, 0.15) is 11.8 Å². The zero-order valence-corrected chi connectivity index (χ0v) is 8.19. The van der Waals surface area contributed by atoms with Gasteiger partial charge < -0.3 is 9.72 Å². The highest BCUT2D eigenvalue weighted by Gasteiger charge is 2.06. The molecule has 0 amide bonds. The van der Waals surface area contributed by atoms with Gasteiger partial charge in [0.05, 0.1) is 12.9 Å². The smallest absolute Gasteiger partial charge is 0.243 e. The Balaban J connectivity index is 2.27. The average Bonchev–Trinajstić information content (AvgIpc) is 2.62. The first-order valence-corrected chi connectivity index (χ1v) is 4.54. The van der Waals surface area contributed by atoms with E-state index in [-0.39, 0.29) is 0 Å². The molecule has 2 aromatic rings. The molecule has 2 aromatic heterocycles. The summed E-state index contributed by atoms with van der Waals surface area (Å²) in [5.41, 5.74) is 1.40. The van der Waals surface area contributed by atoms with Gasteiger partial charge in [-0.2, -0.15) is 4.98 Å². The largest absolute Gasteiger partial charge is 0.476 e. The predicted molar refractivity (Wildman–Crippen MR) is 52.0 cm³/mol. The summed E-state index contributed by atoms with van der Waals surface area (Å²) in [6.07, 6.45) is 3.04. The van der Waals surface area contributed by atoms with E-state index in [1.54, 1.807) is 6.33 Å². The molecule has 5 heteroatoms. The van der Waals surface area contributed by atoms with Gasteiger partial charge in [0.25, 0.3) is 0 Å². The molecule has 0 unspecified atom stereocenters. The van der Waals surface area contributed by atoms with Crippen LogP contribution in [-0.4, -0.2) is 26.5 Å². The summed E-state index contributed by atoms with van der Waals surface area (Å²) >= 11 is 0. The fourth-order valence-corrected chi connectivity index (χ4v) is 1.10. The van der Waals surface area contributed by atoms with E-state index in [0.29, 0.717) is 24.1 Å². The molecule has 74 valence electrons. The number of H-pyrrole nitrogens is 1. The van der Waals surface area contributed by atoms with Crippen LogP contribution in [0.1, 0.15) is 13.8 Å². The van der Waals surface area contributed by atoms with E-state index in [4.69, 9.17) is 4.74 Å². The van der Waals surface area contributed by atoms with Crippen molar-refractivity contribution in [2.45, 2.75) is 13.8 Å². The van der Waals surface area contributed by atoms with Crippen molar-refractivity contribution in [2.75, 3.05) is 6.61 Å². The first kappa shape index (κ1) is 8.93. The Morgan fingerprint density at radius 2 is 2.21 bits per heavy atom. The normalized spacial score (nSPS) is 11.1. The summed E-state index contributed by atoms with van der Waals surface area (Å²) in [6.45, 7) is 4.82. The molecule has 2 heterocycles. The standard InChI is InChI=1S/C9H12N4O/c1-6(2)3-14-9-7-8(11-4-10-7)12-5-13-9/h4-6H,3H2,1-2H3,(H,10,11,12,13). The highest BCUT2D eigenvalue weighted by molar-refractivity contribution is 5.74. The van der Waals surface area contributed by atoms with Crippen molar-refractivity contribution in [3.8, 4) is 5.88 Å². The fraction of sp³-hybridized carbons (Fsp3) is 0.444. The second-order valence-electron chi connectivity index (χ2n) is 3.48. The molecule has 2 rings (SSSR count). The lowest BCUT2D eigenvalue weighted by Crippen LogP contribution is -2.06. The molecule has 14 heavy (non-hydrogen) atoms. The number of fused-ring (bicyclic) bond motifs is 1. The van der Waals surface area contributed by atoms with Crippen LogP contribution in [0.25, 0.3) is 11.2 Å². The first-order valence-electron chi connectivity index (χ1n) is 4.54. The number of nitrogens with one attached hydrogen (secondary N) is 1. The Bertz CT molecular complexity index is 423. The van der Waals surface area contributed by atoms with Crippen LogP contribution in [0.15, 0.2) is 12.7 Å². The highest BCUT2D eigenvalue weighted by atomic mass is 16.5. The summed E-state index contributed by atoms with van der Waals surface area (Å²) in [4.78, 5) is 15.0. The van der Waals surface area contributed by atoms with E-state index in [1.807, 2.05) is 0 Å². The van der Waals surface area contributed by atoms with Crippen molar-refractivity contribution < 1.29 is 4.74 Å². The Morgan fingerprint density at radius 1 is 1.36 bits per heavy atom. The van der Waals surface area contributed by atoms with E-state index in [9.17, 15) is 0 Å². The quantitative estimate of drug-likeness (QED) is 0.798.